The van der Waals surface area contributed by atoms with Crippen LogP contribution in [0, 0.1) is 11.7 Å². The van der Waals surface area contributed by atoms with Crippen LogP contribution in [0.4, 0.5) is 4.39 Å². The summed E-state index contributed by atoms with van der Waals surface area (Å²) in [5.41, 5.74) is 0.765. The summed E-state index contributed by atoms with van der Waals surface area (Å²) in [4.78, 5) is 0. The minimum absolute atomic E-state index is 0.0976. The molecule has 0 aliphatic heterocycles. The summed E-state index contributed by atoms with van der Waals surface area (Å²) in [6.07, 6.45) is 8.18. The van der Waals surface area contributed by atoms with E-state index in [4.69, 9.17) is 0 Å². The van der Waals surface area contributed by atoms with E-state index in [9.17, 15) is 9.50 Å². The topological polar surface area (TPSA) is 20.2 Å². The molecule has 0 heterocycles. The average Bonchev–Trinajstić information content (AvgIpc) is 2.30. The molecule has 0 spiro atoms. The van der Waals surface area contributed by atoms with E-state index >= 15 is 0 Å². The number of halogens is 1. The van der Waals surface area contributed by atoms with Crippen LogP contribution in [-0.2, 0) is 0 Å². The zero-order valence-electron chi connectivity index (χ0n) is 8.31. The van der Waals surface area contributed by atoms with Crippen LogP contribution in [0.2, 0.25) is 0 Å². The van der Waals surface area contributed by atoms with Crippen molar-refractivity contribution in [3.05, 3.63) is 60.0 Å². The third kappa shape index (κ3) is 2.34. The minimum atomic E-state index is -0.549. The molecule has 1 nitrogen and oxygen atoms in total. The van der Waals surface area contributed by atoms with Crippen LogP contribution >= 0.6 is 0 Å². The van der Waals surface area contributed by atoms with E-state index in [2.05, 4.69) is 0 Å². The molecule has 0 aromatic heterocycles. The molecule has 2 rings (SSSR count). The predicted octanol–water partition coefficient (Wildman–Crippen LogP) is 2.99. The fourth-order valence-electron chi connectivity index (χ4n) is 1.74. The fourth-order valence-corrected chi connectivity index (χ4v) is 1.74. The Hall–Kier alpha value is -1.41. The number of hydrogen-bond donors (Lipinski definition) is 1. The predicted molar refractivity (Wildman–Crippen MR) is 57.7 cm³/mol. The highest BCUT2D eigenvalue weighted by Gasteiger charge is 2.18. The third-order valence-electron chi connectivity index (χ3n) is 2.63. The van der Waals surface area contributed by atoms with E-state index < -0.39 is 6.10 Å². The van der Waals surface area contributed by atoms with Gasteiger partial charge < -0.3 is 5.11 Å². The molecule has 0 fully saturated rings. The van der Waals surface area contributed by atoms with Crippen molar-refractivity contribution in [1.29, 1.82) is 0 Å². The maximum Gasteiger partial charge on any atom is 0.123 e. The molecule has 1 N–H and O–H groups in total. The first-order valence-corrected chi connectivity index (χ1v) is 5.04. The van der Waals surface area contributed by atoms with Crippen LogP contribution in [0.25, 0.3) is 0 Å². The molecule has 78 valence electrons. The largest absolute Gasteiger partial charge is 0.388 e. The van der Waals surface area contributed by atoms with Crippen LogP contribution in [0.15, 0.2) is 48.6 Å². The number of allylic oxidation sites excluding steroid dienone is 3. The maximum absolute atomic E-state index is 12.7. The second-order valence-electron chi connectivity index (χ2n) is 3.71. The van der Waals surface area contributed by atoms with E-state index in [1.54, 1.807) is 12.1 Å². The van der Waals surface area contributed by atoms with E-state index in [0.29, 0.717) is 0 Å². The SMILES string of the molecule is O[C@@H](c1ccc(F)cc1)[C@@H]1C=CC=CC1. The molecule has 0 bridgehead atoms. The highest BCUT2D eigenvalue weighted by molar-refractivity contribution is 5.22. The first-order valence-electron chi connectivity index (χ1n) is 5.04. The van der Waals surface area contributed by atoms with Gasteiger partial charge in [-0.15, -0.1) is 0 Å². The smallest absolute Gasteiger partial charge is 0.123 e. The van der Waals surface area contributed by atoms with Crippen LogP contribution < -0.4 is 0 Å². The summed E-state index contributed by atoms with van der Waals surface area (Å²) in [6, 6.07) is 6.01. The lowest BCUT2D eigenvalue weighted by molar-refractivity contribution is 0.132. The molecule has 1 aromatic rings. The van der Waals surface area contributed by atoms with Crippen molar-refractivity contribution >= 4 is 0 Å². The van der Waals surface area contributed by atoms with Crippen LogP contribution in [0.3, 0.4) is 0 Å². The van der Waals surface area contributed by atoms with Gasteiger partial charge in [-0.25, -0.2) is 4.39 Å². The molecule has 0 radical (unpaired) electrons. The number of rotatable bonds is 2. The van der Waals surface area contributed by atoms with Gasteiger partial charge in [-0.1, -0.05) is 36.4 Å². The van der Waals surface area contributed by atoms with E-state index in [-0.39, 0.29) is 11.7 Å². The lowest BCUT2D eigenvalue weighted by Gasteiger charge is -2.20. The van der Waals surface area contributed by atoms with Crippen molar-refractivity contribution in [2.75, 3.05) is 0 Å². The quantitative estimate of drug-likeness (QED) is 0.785. The Morgan fingerprint density at radius 3 is 2.53 bits per heavy atom. The van der Waals surface area contributed by atoms with Gasteiger partial charge in [-0.3, -0.25) is 0 Å². The normalized spacial score (nSPS) is 21.6. The summed E-state index contributed by atoms with van der Waals surface area (Å²) < 4.78 is 12.7. The molecule has 15 heavy (non-hydrogen) atoms. The van der Waals surface area contributed by atoms with Gasteiger partial charge in [0.25, 0.3) is 0 Å². The average molecular weight is 204 g/mol. The summed E-state index contributed by atoms with van der Waals surface area (Å²) in [5, 5.41) is 10.0. The molecule has 1 aliphatic carbocycles. The monoisotopic (exact) mass is 204 g/mol. The van der Waals surface area contributed by atoms with Crippen LogP contribution in [-0.4, -0.2) is 5.11 Å². The zero-order valence-corrected chi connectivity index (χ0v) is 8.31. The van der Waals surface area contributed by atoms with Crippen LogP contribution in [0.1, 0.15) is 18.1 Å². The summed E-state index contributed by atoms with van der Waals surface area (Å²) in [5.74, 6) is -0.175. The summed E-state index contributed by atoms with van der Waals surface area (Å²) in [7, 11) is 0. The Bertz CT molecular complexity index is 378. The van der Waals surface area contributed by atoms with Gasteiger partial charge >= 0.3 is 0 Å². The van der Waals surface area contributed by atoms with Gasteiger partial charge in [0.15, 0.2) is 0 Å². The first-order chi connectivity index (χ1) is 7.27. The molecule has 0 amide bonds. The molecule has 2 heteroatoms. The van der Waals surface area contributed by atoms with Crippen molar-refractivity contribution < 1.29 is 9.50 Å². The number of aliphatic hydroxyl groups is 1. The van der Waals surface area contributed by atoms with Gasteiger partial charge in [0.2, 0.25) is 0 Å². The lowest BCUT2D eigenvalue weighted by atomic mass is 9.90. The van der Waals surface area contributed by atoms with Gasteiger partial charge in [-0.05, 0) is 24.1 Å². The Balaban J connectivity index is 2.13. The van der Waals surface area contributed by atoms with E-state index in [1.165, 1.54) is 12.1 Å². The standard InChI is InChI=1S/C13H13FO/c14-12-8-6-11(7-9-12)13(15)10-4-2-1-3-5-10/h1-4,6-10,13,15H,5H2/t10-,13-/m1/s1. The van der Waals surface area contributed by atoms with Crippen molar-refractivity contribution in [3.63, 3.8) is 0 Å². The molecule has 1 aromatic carbocycles. The van der Waals surface area contributed by atoms with E-state index in [0.717, 1.165) is 12.0 Å². The van der Waals surface area contributed by atoms with Crippen molar-refractivity contribution in [1.82, 2.24) is 0 Å². The molecular formula is C13H13FO. The summed E-state index contributed by atoms with van der Waals surface area (Å²) >= 11 is 0. The number of aliphatic hydroxyl groups excluding tert-OH is 1. The second kappa shape index (κ2) is 4.41. The Morgan fingerprint density at radius 1 is 1.20 bits per heavy atom. The Labute approximate surface area is 88.6 Å². The number of hydrogen-bond acceptors (Lipinski definition) is 1. The molecular weight excluding hydrogens is 191 g/mol. The molecule has 2 atom stereocenters. The Morgan fingerprint density at radius 2 is 1.93 bits per heavy atom. The van der Waals surface area contributed by atoms with Gasteiger partial charge in [-0.2, -0.15) is 0 Å². The highest BCUT2D eigenvalue weighted by atomic mass is 19.1. The molecule has 0 unspecified atom stereocenters. The molecule has 1 aliphatic rings. The van der Waals surface area contributed by atoms with Gasteiger partial charge in [0.05, 0.1) is 6.10 Å². The van der Waals surface area contributed by atoms with Crippen molar-refractivity contribution in [2.24, 2.45) is 5.92 Å². The van der Waals surface area contributed by atoms with Gasteiger partial charge in [0, 0.05) is 5.92 Å². The number of benzene rings is 1. The van der Waals surface area contributed by atoms with Gasteiger partial charge in [0.1, 0.15) is 5.82 Å². The second-order valence-corrected chi connectivity index (χ2v) is 3.71. The lowest BCUT2D eigenvalue weighted by Crippen LogP contribution is -2.10. The van der Waals surface area contributed by atoms with Crippen molar-refractivity contribution in [2.45, 2.75) is 12.5 Å². The van der Waals surface area contributed by atoms with Crippen molar-refractivity contribution in [3.8, 4) is 0 Å². The third-order valence-corrected chi connectivity index (χ3v) is 2.63. The minimum Gasteiger partial charge on any atom is -0.388 e. The van der Waals surface area contributed by atoms with Crippen LogP contribution in [0.5, 0.6) is 0 Å². The maximum atomic E-state index is 12.7. The summed E-state index contributed by atoms with van der Waals surface area (Å²) in [6.45, 7) is 0. The van der Waals surface area contributed by atoms with E-state index in [1.807, 2.05) is 24.3 Å². The molecule has 0 saturated heterocycles. The first kappa shape index (κ1) is 10.1. The highest BCUT2D eigenvalue weighted by Crippen LogP contribution is 2.27. The zero-order chi connectivity index (χ0) is 10.7. The Kier molecular flexibility index (Phi) is 2.97. The fraction of sp³-hybridized carbons (Fsp3) is 0.231. The molecule has 0 saturated carbocycles.